The highest BCUT2D eigenvalue weighted by Crippen LogP contribution is 2.57. The van der Waals surface area contributed by atoms with Crippen LogP contribution in [0.3, 0.4) is 0 Å². The zero-order valence-electron chi connectivity index (χ0n) is 42.1. The second-order valence-electron chi connectivity index (χ2n) is 19.6. The van der Waals surface area contributed by atoms with Crippen LogP contribution >= 0.6 is 0 Å². The number of fused-ring (bicyclic) bond motifs is 14. The molecular weight excluding hydrogens is 871 g/mol. The second-order valence-corrected chi connectivity index (χ2v) is 19.6. The van der Waals surface area contributed by atoms with E-state index in [1.807, 2.05) is 4.90 Å². The Balaban J connectivity index is 1.54. The lowest BCUT2D eigenvalue weighted by atomic mass is 9.78. The highest BCUT2D eigenvalue weighted by atomic mass is 16.7. The minimum atomic E-state index is -2.02. The zero-order chi connectivity index (χ0) is 50.0. The number of aliphatic hydroxyl groups is 2. The minimum Gasteiger partial charge on any atom is -0.507 e. The maximum Gasteiger partial charge on any atom is 0.312 e. The number of aromatic hydroxyl groups is 3. The van der Waals surface area contributed by atoms with Crippen LogP contribution in [0.15, 0.2) is 36.1 Å². The number of hydrogen-bond acceptors (Lipinski definition) is 14. The number of phenolic OH excluding ortho intramolecular Hbond substituents is 3. The monoisotopic (exact) mass is 950 g/mol. The normalized spacial score (nSPS) is 29.3. The topological polar surface area (TPSA) is 208 Å². The quantitative estimate of drug-likeness (QED) is 0.0453. The van der Waals surface area contributed by atoms with E-state index in [9.17, 15) is 39.9 Å². The first kappa shape index (κ1) is 54.1. The van der Waals surface area contributed by atoms with Gasteiger partial charge in [0.05, 0.1) is 35.5 Å². The number of carbonyl (C=O) groups excluding carboxylic acids is 3. The number of phenols is 3. The first-order valence-electron chi connectivity index (χ1n) is 24.8. The summed E-state index contributed by atoms with van der Waals surface area (Å²) in [5.74, 6) is -7.86. The van der Waals surface area contributed by atoms with Crippen LogP contribution in [-0.2, 0) is 23.8 Å². The molecule has 68 heavy (non-hydrogen) atoms. The fourth-order valence-corrected chi connectivity index (χ4v) is 10.0. The van der Waals surface area contributed by atoms with Gasteiger partial charge in [0, 0.05) is 87.3 Å². The number of piperazine rings is 1. The van der Waals surface area contributed by atoms with Crippen LogP contribution in [0.5, 0.6) is 23.0 Å². The van der Waals surface area contributed by atoms with E-state index in [4.69, 9.17) is 18.9 Å². The Hall–Kier alpha value is -4.83. The van der Waals surface area contributed by atoms with Crippen LogP contribution in [0.25, 0.3) is 10.8 Å². The average Bonchev–Trinajstić information content (AvgIpc) is 3.58. The number of methoxy groups -OCH3 is 1. The molecule has 0 aromatic heterocycles. The van der Waals surface area contributed by atoms with Gasteiger partial charge in [-0.15, -0.1) is 0 Å². The molecule has 4 heterocycles. The number of hydrogen-bond donors (Lipinski definition) is 6. The summed E-state index contributed by atoms with van der Waals surface area (Å²) in [6.07, 6.45) is 16.2. The fraction of sp³-hybridized carbons (Fsp3) is 0.642. The number of unbranched alkanes of at least 4 members (excludes halogenated alkanes) is 9. The number of esters is 1. The van der Waals surface area contributed by atoms with Gasteiger partial charge in [-0.1, -0.05) is 111 Å². The standard InChI is InChI=1S/C53H79N3O12/c1-11-12-13-14-15-16-17-18-19-20-25-55-26-28-56(29-27-55)43-42-47(61)40-39(48(43)62)41-50(36(7)46(40)60)68-53(9,51(41)63)66-30-24-38(65-10)33(4)49(67-37(8)57)35(6)45(59)34(5)44(58)31(2)22-21-23-32(3)52(64)54-42/h21-24,30-31,33-35,38,44-45,49,58-62H,11-20,25-29H2,1-10H3,(H,54,64)/b22-21-,30-24-,32-23-/t31-,33+,34+,35+,38-,44-,45+,49+,53-/m0/s1. The third kappa shape index (κ3) is 12.1. The third-order valence-corrected chi connectivity index (χ3v) is 14.5. The predicted molar refractivity (Wildman–Crippen MR) is 264 cm³/mol. The Bertz CT molecular complexity index is 2180. The molecule has 2 aromatic rings. The molecule has 9 atom stereocenters. The van der Waals surface area contributed by atoms with Crippen molar-refractivity contribution in [3.8, 4) is 23.0 Å². The van der Waals surface area contributed by atoms with Crippen molar-refractivity contribution in [3.05, 3.63) is 47.3 Å². The van der Waals surface area contributed by atoms with Crippen molar-refractivity contribution in [2.45, 2.75) is 157 Å². The van der Waals surface area contributed by atoms with Crippen molar-refractivity contribution in [1.29, 1.82) is 0 Å². The van der Waals surface area contributed by atoms with Gasteiger partial charge in [-0.3, -0.25) is 19.3 Å². The summed E-state index contributed by atoms with van der Waals surface area (Å²) in [6, 6.07) is 0. The molecule has 1 fully saturated rings. The Labute approximate surface area is 403 Å². The number of carbonyl (C=O) groups is 3. The molecule has 4 aliphatic rings. The van der Waals surface area contributed by atoms with Gasteiger partial charge in [0.15, 0.2) is 5.75 Å². The first-order valence-corrected chi connectivity index (χ1v) is 24.8. The molecule has 1 amide bonds. The van der Waals surface area contributed by atoms with E-state index in [0.717, 1.165) is 19.4 Å². The largest absolute Gasteiger partial charge is 0.507 e. The van der Waals surface area contributed by atoms with Crippen LogP contribution in [0.4, 0.5) is 11.4 Å². The van der Waals surface area contributed by atoms with E-state index < -0.39 is 88.8 Å². The SMILES string of the molecule is CCCCCCCCCCCCN1CCN(c2c3c(O)c4c(O)c(C)c5c(c4c2O)C(=O)[C@@](C)(O/C=C\[C@H](OC)[C@@H](C)[C@@H](OC(C)=O)[C@H](C)[C@H](O)[C@H](C)[C@@H](O)[C@@H](C)/C=C\C=C(\C)C(=O)N3)O5)CC1. The molecule has 6 N–H and O–H groups in total. The van der Waals surface area contributed by atoms with Gasteiger partial charge in [-0.05, 0) is 32.9 Å². The van der Waals surface area contributed by atoms with E-state index in [0.29, 0.717) is 26.2 Å². The molecule has 2 aromatic carbocycles. The fourth-order valence-electron chi connectivity index (χ4n) is 10.0. The number of aliphatic hydroxyl groups excluding tert-OH is 2. The number of ether oxygens (including phenoxy) is 4. The van der Waals surface area contributed by atoms with E-state index in [1.54, 1.807) is 52.8 Å². The summed E-state index contributed by atoms with van der Waals surface area (Å²) in [6.45, 7) is 18.1. The molecule has 15 heteroatoms. The van der Waals surface area contributed by atoms with Gasteiger partial charge in [-0.25, -0.2) is 0 Å². The average molecular weight is 950 g/mol. The van der Waals surface area contributed by atoms with Crippen LogP contribution < -0.4 is 15.0 Å². The van der Waals surface area contributed by atoms with E-state index >= 15 is 0 Å². The smallest absolute Gasteiger partial charge is 0.312 e. The van der Waals surface area contributed by atoms with Gasteiger partial charge in [-0.2, -0.15) is 0 Å². The number of Topliss-reactive ketones (excluding diaryl/α,β-unsaturated/α-hetero) is 1. The van der Waals surface area contributed by atoms with Crippen molar-refractivity contribution >= 4 is 39.8 Å². The molecule has 0 unspecified atom stereocenters. The van der Waals surface area contributed by atoms with E-state index in [-0.39, 0.29) is 44.6 Å². The number of allylic oxidation sites excluding steroid dienone is 2. The molecule has 4 aliphatic heterocycles. The van der Waals surface area contributed by atoms with Gasteiger partial charge in [0.25, 0.3) is 11.7 Å². The number of anilines is 2. The lowest BCUT2D eigenvalue weighted by Crippen LogP contribution is -2.47. The summed E-state index contributed by atoms with van der Waals surface area (Å²) in [5, 5.41) is 61.9. The molecule has 0 saturated carbocycles. The van der Waals surface area contributed by atoms with Crippen LogP contribution in [0.2, 0.25) is 0 Å². The van der Waals surface area contributed by atoms with Crippen LogP contribution in [-0.4, -0.2) is 118 Å². The molecule has 0 radical (unpaired) electrons. The van der Waals surface area contributed by atoms with Crippen molar-refractivity contribution in [2.24, 2.45) is 23.7 Å². The summed E-state index contributed by atoms with van der Waals surface area (Å²) in [7, 11) is 1.46. The summed E-state index contributed by atoms with van der Waals surface area (Å²) < 4.78 is 23.9. The maximum absolute atomic E-state index is 14.7. The lowest BCUT2D eigenvalue weighted by molar-refractivity contribution is -0.160. The third-order valence-electron chi connectivity index (χ3n) is 14.5. The van der Waals surface area contributed by atoms with Crippen molar-refractivity contribution in [3.63, 3.8) is 0 Å². The van der Waals surface area contributed by atoms with Crippen molar-refractivity contribution in [1.82, 2.24) is 4.90 Å². The van der Waals surface area contributed by atoms with Gasteiger partial charge in [0.2, 0.25) is 0 Å². The molecule has 6 rings (SSSR count). The summed E-state index contributed by atoms with van der Waals surface area (Å²) in [5.41, 5.74) is 0.147. The Morgan fingerprint density at radius 2 is 1.44 bits per heavy atom. The lowest BCUT2D eigenvalue weighted by Gasteiger charge is -2.38. The van der Waals surface area contributed by atoms with Gasteiger partial charge >= 0.3 is 11.8 Å². The summed E-state index contributed by atoms with van der Waals surface area (Å²) >= 11 is 0. The molecule has 1 saturated heterocycles. The number of benzene rings is 2. The van der Waals surface area contributed by atoms with Crippen molar-refractivity contribution in [2.75, 3.05) is 50.1 Å². The molecule has 5 bridgehead atoms. The second kappa shape index (κ2) is 24.1. The molecule has 15 nitrogen and oxygen atoms in total. The predicted octanol–water partition coefficient (Wildman–Crippen LogP) is 8.80. The maximum atomic E-state index is 14.7. The number of nitrogens with one attached hydrogen (secondary N) is 1. The number of nitrogens with zero attached hydrogens (tertiary/aromatic N) is 2. The van der Waals surface area contributed by atoms with Gasteiger partial charge in [0.1, 0.15) is 34.7 Å². The van der Waals surface area contributed by atoms with Gasteiger partial charge < -0.3 is 54.7 Å². The Morgan fingerprint density at radius 3 is 2.04 bits per heavy atom. The highest BCUT2D eigenvalue weighted by Gasteiger charge is 2.50. The number of amides is 1. The molecule has 0 aliphatic carbocycles. The summed E-state index contributed by atoms with van der Waals surface area (Å²) in [4.78, 5) is 45.4. The molecular formula is C53H79N3O12. The Morgan fingerprint density at radius 1 is 0.824 bits per heavy atom. The minimum absolute atomic E-state index is 0.0503. The molecule has 0 spiro atoms. The first-order chi connectivity index (χ1) is 32.3. The van der Waals surface area contributed by atoms with Crippen molar-refractivity contribution < 1.29 is 58.9 Å². The highest BCUT2D eigenvalue weighted by molar-refractivity contribution is 6.23. The number of rotatable bonds is 14. The van der Waals surface area contributed by atoms with Crippen LogP contribution in [0, 0.1) is 30.6 Å². The zero-order valence-corrected chi connectivity index (χ0v) is 42.1. The van der Waals surface area contributed by atoms with E-state index in [2.05, 4.69) is 17.1 Å². The van der Waals surface area contributed by atoms with E-state index in [1.165, 1.54) is 91.6 Å². The number of ketones is 1. The Kier molecular flexibility index (Phi) is 19.2. The van der Waals surface area contributed by atoms with Crippen LogP contribution in [0.1, 0.15) is 136 Å². The molecule has 378 valence electrons.